The Kier molecular flexibility index (Phi) is 2.83. The van der Waals surface area contributed by atoms with Gasteiger partial charge in [-0.3, -0.25) is 4.79 Å². The summed E-state index contributed by atoms with van der Waals surface area (Å²) in [7, 11) is 1.63. The molecule has 0 N–H and O–H groups in total. The number of carbonyl (C=O) groups excluding carboxylic acids is 1. The van der Waals surface area contributed by atoms with E-state index in [9.17, 15) is 4.79 Å². The minimum atomic E-state index is 0.159. The maximum absolute atomic E-state index is 12.3. The van der Waals surface area contributed by atoms with Crippen LogP contribution in [0.3, 0.4) is 0 Å². The number of methoxy groups -OCH3 is 1. The highest BCUT2D eigenvalue weighted by Gasteiger charge is 2.58. The number of hydrogen-bond acceptors (Lipinski definition) is 3. The summed E-state index contributed by atoms with van der Waals surface area (Å²) in [5, 5.41) is 0. The van der Waals surface area contributed by atoms with Crippen molar-refractivity contribution in [2.45, 2.75) is 13.3 Å². The Balaban J connectivity index is 1.75. The van der Waals surface area contributed by atoms with Crippen molar-refractivity contribution in [3.05, 3.63) is 12.2 Å². The highest BCUT2D eigenvalue weighted by atomic mass is 16.7. The summed E-state index contributed by atoms with van der Waals surface area (Å²) in [5.41, 5.74) is 0. The number of ether oxygens (including phenoxy) is 2. The van der Waals surface area contributed by atoms with Crippen molar-refractivity contribution in [2.75, 3.05) is 20.5 Å². The highest BCUT2D eigenvalue weighted by Crippen LogP contribution is 2.57. The molecule has 0 spiro atoms. The Morgan fingerprint density at radius 3 is 2.88 bits per heavy atom. The van der Waals surface area contributed by atoms with Crippen molar-refractivity contribution in [2.24, 2.45) is 35.5 Å². The molecule has 2 fully saturated rings. The molecule has 2 saturated carbocycles. The van der Waals surface area contributed by atoms with Crippen molar-refractivity contribution in [1.82, 2.24) is 0 Å². The van der Waals surface area contributed by atoms with E-state index in [0.717, 1.165) is 0 Å². The number of Topliss-reactive ketones (excluding diaryl/α,β-unsaturated/α-hetero) is 1. The molecule has 0 radical (unpaired) electrons. The van der Waals surface area contributed by atoms with E-state index < -0.39 is 0 Å². The lowest BCUT2D eigenvalue weighted by molar-refractivity contribution is -0.125. The van der Waals surface area contributed by atoms with Crippen LogP contribution in [0, 0.1) is 35.5 Å². The third-order valence-electron chi connectivity index (χ3n) is 4.95. The summed E-state index contributed by atoms with van der Waals surface area (Å²) < 4.78 is 10.4. The molecule has 0 aromatic carbocycles. The normalized spacial score (nSPS) is 46.8. The molecule has 0 heterocycles. The van der Waals surface area contributed by atoms with Gasteiger partial charge in [0.1, 0.15) is 12.6 Å². The Labute approximate surface area is 102 Å². The summed E-state index contributed by atoms with van der Waals surface area (Å²) in [6.45, 7) is 3.07. The summed E-state index contributed by atoms with van der Waals surface area (Å²) >= 11 is 0. The van der Waals surface area contributed by atoms with E-state index in [1.165, 1.54) is 6.42 Å². The fourth-order valence-electron chi connectivity index (χ4n) is 4.22. The van der Waals surface area contributed by atoms with Crippen LogP contribution in [0.5, 0.6) is 0 Å². The number of ketones is 1. The number of fused-ring (bicyclic) bond motifs is 5. The van der Waals surface area contributed by atoms with Gasteiger partial charge < -0.3 is 9.47 Å². The SMILES string of the molecule is COCOC[C@H]1[C@H]2[C@@H](C(=O)[C@H]1C)[C@H]1C=C[C@@H]2C1. The average molecular weight is 236 g/mol. The van der Waals surface area contributed by atoms with Crippen molar-refractivity contribution in [1.29, 1.82) is 0 Å². The number of carbonyl (C=O) groups is 1. The molecule has 3 aliphatic rings. The first kappa shape index (κ1) is 11.4. The van der Waals surface area contributed by atoms with Gasteiger partial charge in [-0.15, -0.1) is 0 Å². The predicted molar refractivity (Wildman–Crippen MR) is 63.2 cm³/mol. The largest absolute Gasteiger partial charge is 0.359 e. The molecule has 0 aromatic rings. The van der Waals surface area contributed by atoms with E-state index >= 15 is 0 Å². The fraction of sp³-hybridized carbons (Fsp3) is 0.786. The van der Waals surface area contributed by atoms with Crippen molar-refractivity contribution in [3.8, 4) is 0 Å². The molecule has 0 aromatic heterocycles. The van der Waals surface area contributed by atoms with E-state index in [1.807, 2.05) is 0 Å². The van der Waals surface area contributed by atoms with Gasteiger partial charge in [0, 0.05) is 18.9 Å². The van der Waals surface area contributed by atoms with Gasteiger partial charge in [-0.05, 0) is 30.1 Å². The average Bonchev–Trinajstić information content (AvgIpc) is 2.98. The van der Waals surface area contributed by atoms with Crippen LogP contribution in [-0.2, 0) is 14.3 Å². The fourth-order valence-corrected chi connectivity index (χ4v) is 4.22. The number of allylic oxidation sites excluding steroid dienone is 2. The Hall–Kier alpha value is -0.670. The molecule has 0 saturated heterocycles. The van der Waals surface area contributed by atoms with Crippen molar-refractivity contribution < 1.29 is 14.3 Å². The topological polar surface area (TPSA) is 35.5 Å². The summed E-state index contributed by atoms with van der Waals surface area (Å²) in [6.07, 6.45) is 5.77. The number of hydrogen-bond donors (Lipinski definition) is 0. The van der Waals surface area contributed by atoms with Crippen LogP contribution in [0.1, 0.15) is 13.3 Å². The zero-order valence-corrected chi connectivity index (χ0v) is 10.5. The quantitative estimate of drug-likeness (QED) is 0.425. The second-order valence-corrected chi connectivity index (χ2v) is 5.68. The molecule has 3 rings (SSSR count). The molecule has 0 amide bonds. The van der Waals surface area contributed by atoms with Crippen molar-refractivity contribution in [3.63, 3.8) is 0 Å². The molecule has 3 aliphatic carbocycles. The Morgan fingerprint density at radius 1 is 1.35 bits per heavy atom. The van der Waals surface area contributed by atoms with Crippen LogP contribution < -0.4 is 0 Å². The van der Waals surface area contributed by atoms with Gasteiger partial charge in [-0.25, -0.2) is 0 Å². The smallest absolute Gasteiger partial charge is 0.146 e. The summed E-state index contributed by atoms with van der Waals surface area (Å²) in [4.78, 5) is 12.3. The molecule has 2 bridgehead atoms. The third kappa shape index (κ3) is 1.59. The van der Waals surface area contributed by atoms with E-state index in [4.69, 9.17) is 9.47 Å². The van der Waals surface area contributed by atoms with Crippen LogP contribution in [-0.4, -0.2) is 26.3 Å². The van der Waals surface area contributed by atoms with Gasteiger partial charge in [0.25, 0.3) is 0 Å². The number of rotatable bonds is 4. The highest BCUT2D eigenvalue weighted by molar-refractivity contribution is 5.87. The third-order valence-corrected chi connectivity index (χ3v) is 4.95. The molecule has 3 nitrogen and oxygen atoms in total. The summed E-state index contributed by atoms with van der Waals surface area (Å²) in [5.74, 6) is 2.98. The Morgan fingerprint density at radius 2 is 2.12 bits per heavy atom. The van der Waals surface area contributed by atoms with Crippen LogP contribution >= 0.6 is 0 Å². The van der Waals surface area contributed by atoms with Crippen molar-refractivity contribution >= 4 is 5.78 Å². The second-order valence-electron chi connectivity index (χ2n) is 5.68. The van der Waals surface area contributed by atoms with Crippen LogP contribution in [0.15, 0.2) is 12.2 Å². The lowest BCUT2D eigenvalue weighted by Crippen LogP contribution is -2.25. The van der Waals surface area contributed by atoms with Gasteiger partial charge in [0.05, 0.1) is 6.61 Å². The lowest BCUT2D eigenvalue weighted by Gasteiger charge is -2.25. The zero-order valence-electron chi connectivity index (χ0n) is 10.5. The second kappa shape index (κ2) is 4.21. The first-order valence-electron chi connectivity index (χ1n) is 6.52. The standard InChI is InChI=1S/C14H20O3/c1-8-11(6-17-7-16-2)12-9-3-4-10(5-9)13(12)14(8)15/h3-4,8-13H,5-7H2,1-2H3/t8-,9+,10-,11+,12-,13-/m0/s1. The first-order chi connectivity index (χ1) is 8.24. The van der Waals surface area contributed by atoms with Crippen LogP contribution in [0.2, 0.25) is 0 Å². The maximum Gasteiger partial charge on any atom is 0.146 e. The molecule has 0 unspecified atom stereocenters. The predicted octanol–water partition coefficient (Wildman–Crippen LogP) is 1.88. The molecule has 17 heavy (non-hydrogen) atoms. The zero-order chi connectivity index (χ0) is 12.0. The molecule has 94 valence electrons. The van der Waals surface area contributed by atoms with Gasteiger partial charge in [0.2, 0.25) is 0 Å². The molecule has 6 atom stereocenters. The van der Waals surface area contributed by atoms with Crippen LogP contribution in [0.4, 0.5) is 0 Å². The van der Waals surface area contributed by atoms with Gasteiger partial charge in [-0.1, -0.05) is 19.1 Å². The molecule has 0 aliphatic heterocycles. The van der Waals surface area contributed by atoms with Gasteiger partial charge in [0.15, 0.2) is 0 Å². The first-order valence-corrected chi connectivity index (χ1v) is 6.52. The maximum atomic E-state index is 12.3. The monoisotopic (exact) mass is 236 g/mol. The van der Waals surface area contributed by atoms with E-state index in [1.54, 1.807) is 7.11 Å². The Bertz CT molecular complexity index is 349. The van der Waals surface area contributed by atoms with Crippen LogP contribution in [0.25, 0.3) is 0 Å². The minimum absolute atomic E-state index is 0.159. The lowest BCUT2D eigenvalue weighted by atomic mass is 9.80. The van der Waals surface area contributed by atoms with E-state index in [-0.39, 0.29) is 11.8 Å². The van der Waals surface area contributed by atoms with E-state index in [2.05, 4.69) is 19.1 Å². The molecular weight excluding hydrogens is 216 g/mol. The van der Waals surface area contributed by atoms with Gasteiger partial charge in [-0.2, -0.15) is 0 Å². The van der Waals surface area contributed by atoms with Gasteiger partial charge >= 0.3 is 0 Å². The molecule has 3 heteroatoms. The minimum Gasteiger partial charge on any atom is -0.359 e. The summed E-state index contributed by atoms with van der Waals surface area (Å²) in [6, 6.07) is 0. The van der Waals surface area contributed by atoms with E-state index in [0.29, 0.717) is 42.9 Å². The molecular formula is C14H20O3.